The summed E-state index contributed by atoms with van der Waals surface area (Å²) < 4.78 is 6.77. The first-order valence-corrected chi connectivity index (χ1v) is 10.2. The molecule has 1 spiro atoms. The lowest BCUT2D eigenvalue weighted by atomic mass is 9.70. The van der Waals surface area contributed by atoms with Gasteiger partial charge in [-0.2, -0.15) is 0 Å². The molecule has 144 valence electrons. The van der Waals surface area contributed by atoms with E-state index < -0.39 is 5.60 Å². The zero-order valence-electron chi connectivity index (χ0n) is 16.2. The summed E-state index contributed by atoms with van der Waals surface area (Å²) in [5.74, 6) is 0.495. The number of piperidine rings is 1. The molecule has 4 nitrogen and oxygen atoms in total. The minimum Gasteiger partial charge on any atom is -0.356 e. The molecule has 5 heteroatoms. The van der Waals surface area contributed by atoms with Crippen LogP contribution in [0.25, 0.3) is 0 Å². The van der Waals surface area contributed by atoms with Gasteiger partial charge in [0.25, 0.3) is 5.91 Å². The van der Waals surface area contributed by atoms with Gasteiger partial charge in [-0.15, -0.1) is 11.6 Å². The number of amides is 1. The lowest BCUT2D eigenvalue weighted by Gasteiger charge is -2.57. The number of morpholine rings is 1. The van der Waals surface area contributed by atoms with Crippen molar-refractivity contribution < 1.29 is 9.53 Å². The number of nitrogens with one attached hydrogen (secondary N) is 1. The zero-order chi connectivity index (χ0) is 18.8. The molecule has 1 N–H and O–H groups in total. The van der Waals surface area contributed by atoms with Crippen molar-refractivity contribution in [3.8, 4) is 0 Å². The van der Waals surface area contributed by atoms with E-state index in [1.165, 1.54) is 0 Å². The Kier molecular flexibility index (Phi) is 5.66. The summed E-state index contributed by atoms with van der Waals surface area (Å²) in [5, 5.41) is 3.42. The number of benzene rings is 1. The van der Waals surface area contributed by atoms with E-state index in [9.17, 15) is 4.79 Å². The third-order valence-corrected chi connectivity index (χ3v) is 6.08. The van der Waals surface area contributed by atoms with Crippen molar-refractivity contribution in [3.63, 3.8) is 0 Å². The van der Waals surface area contributed by atoms with E-state index in [1.807, 2.05) is 23.1 Å². The summed E-state index contributed by atoms with van der Waals surface area (Å²) in [6, 6.07) is 10.2. The van der Waals surface area contributed by atoms with Crippen molar-refractivity contribution in [2.75, 3.05) is 25.5 Å². The molecule has 1 aromatic carbocycles. The van der Waals surface area contributed by atoms with Crippen molar-refractivity contribution in [2.45, 2.75) is 57.8 Å². The summed E-state index contributed by atoms with van der Waals surface area (Å²) in [6.07, 6.45) is 2.38. The number of hydrogen-bond donors (Lipinski definition) is 1. The van der Waals surface area contributed by atoms with Gasteiger partial charge < -0.3 is 15.0 Å². The largest absolute Gasteiger partial charge is 0.356 e. The SMILES string of the molecule is CC(C)(C)C1(CCCl)OC2(CCNCC2)CN(Cc2ccccc2)C1=O. The van der Waals surface area contributed by atoms with Crippen molar-refractivity contribution in [1.29, 1.82) is 0 Å². The molecule has 0 saturated carbocycles. The maximum absolute atomic E-state index is 13.6. The number of carbonyl (C=O) groups excluding carboxylic acids is 1. The Morgan fingerprint density at radius 3 is 2.42 bits per heavy atom. The fourth-order valence-corrected chi connectivity index (χ4v) is 4.60. The van der Waals surface area contributed by atoms with E-state index in [4.69, 9.17) is 16.3 Å². The van der Waals surface area contributed by atoms with Gasteiger partial charge >= 0.3 is 0 Å². The van der Waals surface area contributed by atoms with E-state index in [-0.39, 0.29) is 16.9 Å². The quantitative estimate of drug-likeness (QED) is 0.814. The molecular formula is C21H31ClN2O2. The molecule has 0 aromatic heterocycles. The Morgan fingerprint density at radius 1 is 1.19 bits per heavy atom. The molecule has 2 fully saturated rings. The summed E-state index contributed by atoms with van der Waals surface area (Å²) >= 11 is 6.17. The fourth-order valence-electron chi connectivity index (χ4n) is 4.33. The maximum Gasteiger partial charge on any atom is 0.255 e. The number of carbonyl (C=O) groups is 1. The standard InChI is InChI=1S/C21H31ClN2O2/c1-19(2,3)21(9-12-22)18(25)24(15-17-7-5-4-6-8-17)16-20(26-21)10-13-23-14-11-20/h4-8,23H,9-16H2,1-3H3. The van der Waals surface area contributed by atoms with Crippen LogP contribution in [0.4, 0.5) is 0 Å². The van der Waals surface area contributed by atoms with E-state index in [2.05, 4.69) is 38.2 Å². The van der Waals surface area contributed by atoms with Crippen LogP contribution in [0.3, 0.4) is 0 Å². The minimum absolute atomic E-state index is 0.0821. The first-order chi connectivity index (χ1) is 12.3. The fraction of sp³-hybridized carbons (Fsp3) is 0.667. The van der Waals surface area contributed by atoms with Gasteiger partial charge in [0.05, 0.1) is 12.1 Å². The van der Waals surface area contributed by atoms with Crippen molar-refractivity contribution in [3.05, 3.63) is 35.9 Å². The Hall–Kier alpha value is -1.10. The molecule has 1 unspecified atom stereocenters. The van der Waals surface area contributed by atoms with E-state index in [1.54, 1.807) is 0 Å². The number of alkyl halides is 1. The lowest BCUT2D eigenvalue weighted by Crippen LogP contribution is -2.70. The van der Waals surface area contributed by atoms with E-state index in [0.29, 0.717) is 25.4 Å². The number of nitrogens with zero attached hydrogens (tertiary/aromatic N) is 1. The van der Waals surface area contributed by atoms with Gasteiger partial charge in [-0.1, -0.05) is 51.1 Å². The Morgan fingerprint density at radius 2 is 1.85 bits per heavy atom. The zero-order valence-corrected chi connectivity index (χ0v) is 16.9. The molecule has 2 heterocycles. The molecule has 2 saturated heterocycles. The van der Waals surface area contributed by atoms with Gasteiger partial charge in [0.1, 0.15) is 0 Å². The van der Waals surface area contributed by atoms with Gasteiger partial charge in [0.2, 0.25) is 0 Å². The Bertz CT molecular complexity index is 623. The van der Waals surface area contributed by atoms with E-state index in [0.717, 1.165) is 31.5 Å². The average molecular weight is 379 g/mol. The second kappa shape index (κ2) is 7.49. The molecule has 2 aliphatic rings. The van der Waals surface area contributed by atoms with Crippen LogP contribution in [0.2, 0.25) is 0 Å². The lowest BCUT2D eigenvalue weighted by molar-refractivity contribution is -0.248. The summed E-state index contributed by atoms with van der Waals surface area (Å²) in [7, 11) is 0. The van der Waals surface area contributed by atoms with Gasteiger partial charge in [-0.25, -0.2) is 0 Å². The molecule has 0 bridgehead atoms. The van der Waals surface area contributed by atoms with Crippen LogP contribution in [0.15, 0.2) is 30.3 Å². The highest BCUT2D eigenvalue weighted by molar-refractivity contribution is 6.18. The van der Waals surface area contributed by atoms with Crippen LogP contribution in [0.5, 0.6) is 0 Å². The van der Waals surface area contributed by atoms with Crippen LogP contribution < -0.4 is 5.32 Å². The van der Waals surface area contributed by atoms with Gasteiger partial charge in [0.15, 0.2) is 5.60 Å². The highest BCUT2D eigenvalue weighted by Gasteiger charge is 2.59. The first kappa shape index (κ1) is 19.7. The maximum atomic E-state index is 13.6. The molecule has 1 aromatic rings. The van der Waals surface area contributed by atoms with Gasteiger partial charge in [-0.3, -0.25) is 4.79 Å². The summed E-state index contributed by atoms with van der Waals surface area (Å²) in [5.41, 5.74) is -0.334. The van der Waals surface area contributed by atoms with Crippen LogP contribution >= 0.6 is 11.6 Å². The third kappa shape index (κ3) is 3.64. The topological polar surface area (TPSA) is 41.6 Å². The predicted molar refractivity (Wildman–Crippen MR) is 105 cm³/mol. The first-order valence-electron chi connectivity index (χ1n) is 9.62. The Balaban J connectivity index is 1.99. The number of hydrogen-bond acceptors (Lipinski definition) is 3. The number of halogens is 1. The molecule has 0 radical (unpaired) electrons. The van der Waals surface area contributed by atoms with Crippen molar-refractivity contribution in [2.24, 2.45) is 5.41 Å². The average Bonchev–Trinajstić information content (AvgIpc) is 2.60. The van der Waals surface area contributed by atoms with Gasteiger partial charge in [0, 0.05) is 17.8 Å². The molecule has 1 amide bonds. The van der Waals surface area contributed by atoms with Crippen molar-refractivity contribution >= 4 is 17.5 Å². The summed E-state index contributed by atoms with van der Waals surface area (Å²) in [4.78, 5) is 15.7. The summed E-state index contributed by atoms with van der Waals surface area (Å²) in [6.45, 7) is 9.42. The molecule has 3 rings (SSSR count). The monoisotopic (exact) mass is 378 g/mol. The van der Waals surface area contributed by atoms with Crippen LogP contribution in [0.1, 0.15) is 45.6 Å². The highest BCUT2D eigenvalue weighted by Crippen LogP contribution is 2.47. The molecule has 1 atom stereocenters. The van der Waals surface area contributed by atoms with E-state index >= 15 is 0 Å². The third-order valence-electron chi connectivity index (χ3n) is 5.89. The molecule has 0 aliphatic carbocycles. The predicted octanol–water partition coefficient (Wildman–Crippen LogP) is 3.58. The second-order valence-corrected chi connectivity index (χ2v) is 9.08. The molecular weight excluding hydrogens is 348 g/mol. The molecule has 2 aliphatic heterocycles. The number of ether oxygens (including phenoxy) is 1. The van der Waals surface area contributed by atoms with Gasteiger partial charge in [-0.05, 0) is 37.9 Å². The molecule has 26 heavy (non-hydrogen) atoms. The normalized spacial score (nSPS) is 26.3. The van der Waals surface area contributed by atoms with Crippen LogP contribution in [0, 0.1) is 5.41 Å². The number of rotatable bonds is 4. The Labute approximate surface area is 162 Å². The van der Waals surface area contributed by atoms with Crippen LogP contribution in [-0.2, 0) is 16.1 Å². The highest BCUT2D eigenvalue weighted by atomic mass is 35.5. The van der Waals surface area contributed by atoms with Crippen LogP contribution in [-0.4, -0.2) is 47.5 Å². The smallest absolute Gasteiger partial charge is 0.255 e. The second-order valence-electron chi connectivity index (χ2n) is 8.70. The minimum atomic E-state index is -0.876. The van der Waals surface area contributed by atoms with Crippen molar-refractivity contribution in [1.82, 2.24) is 10.2 Å².